The van der Waals surface area contributed by atoms with Gasteiger partial charge in [-0.1, -0.05) is 0 Å². The van der Waals surface area contributed by atoms with Crippen molar-refractivity contribution < 1.29 is 19.2 Å². The summed E-state index contributed by atoms with van der Waals surface area (Å²) in [6.07, 6.45) is 0. The molecule has 1 rings (SSSR count). The maximum atomic E-state index is 11.5. The Kier molecular flexibility index (Phi) is 3.91. The van der Waals surface area contributed by atoms with Crippen molar-refractivity contribution in [2.45, 2.75) is 27.7 Å². The molecule has 4 nitrogen and oxygen atoms in total. The molecule has 0 heterocycles. The molecule has 0 aromatic heterocycles. The highest BCUT2D eigenvalue weighted by Crippen LogP contribution is 2.20. The van der Waals surface area contributed by atoms with Crippen LogP contribution in [0.1, 0.15) is 69.1 Å². The van der Waals surface area contributed by atoms with E-state index < -0.39 is 0 Å². The molecule has 1 aromatic rings. The highest BCUT2D eigenvalue weighted by Gasteiger charge is 2.19. The van der Waals surface area contributed by atoms with E-state index in [4.69, 9.17) is 0 Å². The van der Waals surface area contributed by atoms with Crippen molar-refractivity contribution in [3.63, 3.8) is 0 Å². The van der Waals surface area contributed by atoms with E-state index in [1.165, 1.54) is 39.8 Å². The molecule has 94 valence electrons. The van der Waals surface area contributed by atoms with Crippen LogP contribution in [0.2, 0.25) is 0 Å². The number of Topliss-reactive ketones (excluding diaryl/α,β-unsaturated/α-hetero) is 4. The lowest BCUT2D eigenvalue weighted by Gasteiger charge is -2.10. The zero-order valence-electron chi connectivity index (χ0n) is 10.8. The maximum absolute atomic E-state index is 11.5. The van der Waals surface area contributed by atoms with E-state index in [1.807, 2.05) is 0 Å². The molecule has 0 unspecified atom stereocenters. The zero-order valence-corrected chi connectivity index (χ0v) is 10.8. The summed E-state index contributed by atoms with van der Waals surface area (Å²) in [5.41, 5.74) is 0.714. The van der Waals surface area contributed by atoms with E-state index in [0.717, 1.165) is 0 Å². The number of benzene rings is 1. The third kappa shape index (κ3) is 2.59. The molecule has 4 heteroatoms. The van der Waals surface area contributed by atoms with Crippen LogP contribution >= 0.6 is 0 Å². The monoisotopic (exact) mass is 246 g/mol. The second kappa shape index (κ2) is 5.04. The molecule has 0 N–H and O–H groups in total. The first-order chi connectivity index (χ1) is 8.25. The maximum Gasteiger partial charge on any atom is 0.160 e. The van der Waals surface area contributed by atoms with Crippen LogP contribution in [0, 0.1) is 0 Å². The van der Waals surface area contributed by atoms with Gasteiger partial charge in [-0.3, -0.25) is 19.2 Å². The fraction of sp³-hybridized carbons (Fsp3) is 0.286. The normalized spacial score (nSPS) is 10.0. The molecule has 0 atom stereocenters. The smallest absolute Gasteiger partial charge is 0.160 e. The van der Waals surface area contributed by atoms with Crippen LogP contribution in [-0.2, 0) is 0 Å². The molecule has 0 amide bonds. The Bertz CT molecular complexity index is 469. The molecule has 0 saturated heterocycles. The van der Waals surface area contributed by atoms with Crippen molar-refractivity contribution in [1.29, 1.82) is 0 Å². The van der Waals surface area contributed by atoms with E-state index >= 15 is 0 Å². The van der Waals surface area contributed by atoms with Crippen molar-refractivity contribution in [2.75, 3.05) is 0 Å². The predicted octanol–water partition coefficient (Wildman–Crippen LogP) is 2.50. The molecular weight excluding hydrogens is 232 g/mol. The molecule has 0 fully saturated rings. The summed E-state index contributed by atoms with van der Waals surface area (Å²) < 4.78 is 0. The van der Waals surface area contributed by atoms with Crippen LogP contribution in [0.25, 0.3) is 0 Å². The molecule has 0 radical (unpaired) electrons. The Labute approximate surface area is 105 Å². The van der Waals surface area contributed by atoms with E-state index in [9.17, 15) is 19.2 Å². The minimum Gasteiger partial charge on any atom is -0.294 e. The fourth-order valence-corrected chi connectivity index (χ4v) is 1.76. The van der Waals surface area contributed by atoms with Gasteiger partial charge in [0.15, 0.2) is 23.1 Å². The minimum absolute atomic E-state index is 0.178. The molecule has 18 heavy (non-hydrogen) atoms. The number of carbonyl (C=O) groups excluding carboxylic acids is 4. The van der Waals surface area contributed by atoms with Crippen molar-refractivity contribution in [2.24, 2.45) is 0 Å². The first-order valence-electron chi connectivity index (χ1n) is 5.47. The van der Waals surface area contributed by atoms with Gasteiger partial charge in [0.05, 0.1) is 0 Å². The third-order valence-corrected chi connectivity index (χ3v) is 2.67. The molecule has 0 aliphatic heterocycles. The molecular formula is C14H14O4. The van der Waals surface area contributed by atoms with Gasteiger partial charge in [-0.25, -0.2) is 0 Å². The van der Waals surface area contributed by atoms with Gasteiger partial charge in [0, 0.05) is 22.3 Å². The summed E-state index contributed by atoms with van der Waals surface area (Å²) in [4.78, 5) is 45.9. The number of rotatable bonds is 4. The number of hydrogen-bond acceptors (Lipinski definition) is 4. The first-order valence-corrected chi connectivity index (χ1v) is 5.47. The van der Waals surface area contributed by atoms with E-state index in [-0.39, 0.29) is 45.4 Å². The van der Waals surface area contributed by atoms with E-state index in [1.54, 1.807) is 0 Å². The van der Waals surface area contributed by atoms with Gasteiger partial charge >= 0.3 is 0 Å². The van der Waals surface area contributed by atoms with Crippen LogP contribution < -0.4 is 0 Å². The Morgan fingerprint density at radius 1 is 0.556 bits per heavy atom. The summed E-state index contributed by atoms with van der Waals surface area (Å²) in [6, 6.07) is 2.66. The zero-order chi connectivity index (χ0) is 14.0. The van der Waals surface area contributed by atoms with Crippen LogP contribution in [0.5, 0.6) is 0 Å². The molecule has 1 aromatic carbocycles. The average Bonchev–Trinajstić information content (AvgIpc) is 2.26. The fourth-order valence-electron chi connectivity index (χ4n) is 1.76. The van der Waals surface area contributed by atoms with Crippen LogP contribution in [0.4, 0.5) is 0 Å². The van der Waals surface area contributed by atoms with Crippen molar-refractivity contribution >= 4 is 23.1 Å². The summed E-state index contributed by atoms with van der Waals surface area (Å²) in [6.45, 7) is 5.27. The Morgan fingerprint density at radius 2 is 0.722 bits per heavy atom. The van der Waals surface area contributed by atoms with Crippen molar-refractivity contribution in [3.8, 4) is 0 Å². The first kappa shape index (κ1) is 14.0. The van der Waals surface area contributed by atoms with Gasteiger partial charge in [-0.05, 0) is 39.8 Å². The Balaban J connectivity index is 3.71. The highest BCUT2D eigenvalue weighted by atomic mass is 16.1. The van der Waals surface area contributed by atoms with Crippen LogP contribution in [0.3, 0.4) is 0 Å². The number of carbonyl (C=O) groups is 4. The van der Waals surface area contributed by atoms with E-state index in [2.05, 4.69) is 0 Å². The highest BCUT2D eigenvalue weighted by molar-refractivity contribution is 6.14. The van der Waals surface area contributed by atoms with Crippen LogP contribution in [-0.4, -0.2) is 23.1 Å². The van der Waals surface area contributed by atoms with Crippen LogP contribution in [0.15, 0.2) is 12.1 Å². The van der Waals surface area contributed by atoms with Gasteiger partial charge in [-0.15, -0.1) is 0 Å². The quantitative estimate of drug-likeness (QED) is 0.765. The number of ketones is 4. The lowest BCUT2D eigenvalue weighted by molar-refractivity contribution is 0.0970. The summed E-state index contributed by atoms with van der Waals surface area (Å²) >= 11 is 0. The second-order valence-electron chi connectivity index (χ2n) is 4.17. The third-order valence-electron chi connectivity index (χ3n) is 2.67. The summed E-state index contributed by atoms with van der Waals surface area (Å²) in [7, 11) is 0. The molecule has 0 bridgehead atoms. The van der Waals surface area contributed by atoms with Gasteiger partial charge < -0.3 is 0 Å². The summed E-state index contributed by atoms with van der Waals surface area (Å²) in [5.74, 6) is -1.23. The Hall–Kier alpha value is -2.10. The molecule has 0 spiro atoms. The topological polar surface area (TPSA) is 68.3 Å². The second-order valence-corrected chi connectivity index (χ2v) is 4.17. The van der Waals surface area contributed by atoms with Crippen molar-refractivity contribution in [1.82, 2.24) is 0 Å². The van der Waals surface area contributed by atoms with Gasteiger partial charge in [-0.2, -0.15) is 0 Å². The van der Waals surface area contributed by atoms with Gasteiger partial charge in [0.1, 0.15) is 0 Å². The Morgan fingerprint density at radius 3 is 0.833 bits per heavy atom. The average molecular weight is 246 g/mol. The number of hydrogen-bond donors (Lipinski definition) is 0. The minimum atomic E-state index is -0.308. The molecule has 0 aliphatic rings. The SMILES string of the molecule is CC(=O)c1cc(C(C)=O)c(C(C)=O)cc1C(C)=O. The lowest BCUT2D eigenvalue weighted by Crippen LogP contribution is -2.12. The van der Waals surface area contributed by atoms with Gasteiger partial charge in [0.2, 0.25) is 0 Å². The lowest BCUT2D eigenvalue weighted by atomic mass is 9.91. The van der Waals surface area contributed by atoms with Crippen molar-refractivity contribution in [3.05, 3.63) is 34.4 Å². The molecule has 0 aliphatic carbocycles. The predicted molar refractivity (Wildman–Crippen MR) is 66.5 cm³/mol. The van der Waals surface area contributed by atoms with E-state index in [0.29, 0.717) is 0 Å². The molecule has 0 saturated carbocycles. The summed E-state index contributed by atoms with van der Waals surface area (Å²) in [5, 5.41) is 0. The largest absolute Gasteiger partial charge is 0.294 e. The standard InChI is InChI=1S/C14H14O4/c1-7(15)11-5-13(9(3)17)14(10(4)18)6-12(11)8(2)16/h5-6H,1-4H3. The van der Waals surface area contributed by atoms with Gasteiger partial charge in [0.25, 0.3) is 0 Å².